The van der Waals surface area contributed by atoms with Crippen LogP contribution >= 0.6 is 0 Å². The summed E-state index contributed by atoms with van der Waals surface area (Å²) in [6.45, 7) is 2.85. The minimum absolute atomic E-state index is 0.0822. The van der Waals surface area contributed by atoms with E-state index in [9.17, 15) is 9.59 Å². The molecule has 2 aromatic rings. The van der Waals surface area contributed by atoms with Crippen LogP contribution < -0.4 is 5.69 Å². The standard InChI is InChI=1S/C12H13N3O2/c1-7(16)15-5-8-3-10-11(4-9(8)6-15)14(2)12(17)13-10/h3-4H,5-6H2,1-2H3,(H,13,17). The summed E-state index contributed by atoms with van der Waals surface area (Å²) in [6, 6.07) is 3.96. The molecule has 2 heterocycles. The number of H-pyrrole nitrogens is 1. The predicted octanol–water partition coefficient (Wildman–Crippen LogP) is 0.729. The molecule has 1 aliphatic heterocycles. The van der Waals surface area contributed by atoms with Crippen LogP contribution in [0.3, 0.4) is 0 Å². The van der Waals surface area contributed by atoms with Crippen LogP contribution in [0.25, 0.3) is 11.0 Å². The zero-order valence-corrected chi connectivity index (χ0v) is 9.78. The Balaban J connectivity index is 2.17. The van der Waals surface area contributed by atoms with Gasteiger partial charge < -0.3 is 9.88 Å². The van der Waals surface area contributed by atoms with Gasteiger partial charge in [0.25, 0.3) is 0 Å². The molecule has 1 aliphatic rings. The third-order valence-electron chi connectivity index (χ3n) is 3.39. The molecule has 0 fully saturated rings. The SMILES string of the molecule is CC(=O)N1Cc2cc3[nH]c(=O)n(C)c3cc2C1. The first kappa shape index (κ1) is 10.1. The molecule has 5 heteroatoms. The second kappa shape index (κ2) is 3.23. The smallest absolute Gasteiger partial charge is 0.326 e. The summed E-state index contributed by atoms with van der Waals surface area (Å²) >= 11 is 0. The van der Waals surface area contributed by atoms with Gasteiger partial charge in [0.2, 0.25) is 5.91 Å². The third kappa shape index (κ3) is 1.39. The number of benzene rings is 1. The van der Waals surface area contributed by atoms with E-state index < -0.39 is 0 Å². The maximum Gasteiger partial charge on any atom is 0.326 e. The third-order valence-corrected chi connectivity index (χ3v) is 3.39. The first-order valence-electron chi connectivity index (χ1n) is 5.52. The number of hydrogen-bond acceptors (Lipinski definition) is 2. The van der Waals surface area contributed by atoms with E-state index >= 15 is 0 Å². The lowest BCUT2D eigenvalue weighted by Gasteiger charge is -2.10. The lowest BCUT2D eigenvalue weighted by atomic mass is 10.1. The summed E-state index contributed by atoms with van der Waals surface area (Å²) in [7, 11) is 1.74. The Morgan fingerprint density at radius 1 is 1.29 bits per heavy atom. The fourth-order valence-corrected chi connectivity index (χ4v) is 2.35. The van der Waals surface area contributed by atoms with Crippen molar-refractivity contribution in [3.63, 3.8) is 0 Å². The molecule has 0 aliphatic carbocycles. The largest absolute Gasteiger partial charge is 0.334 e. The second-order valence-electron chi connectivity index (χ2n) is 4.50. The molecule has 17 heavy (non-hydrogen) atoms. The number of hydrogen-bond donors (Lipinski definition) is 1. The fourth-order valence-electron chi connectivity index (χ4n) is 2.35. The number of nitrogens with zero attached hydrogens (tertiary/aromatic N) is 2. The number of nitrogens with one attached hydrogen (secondary N) is 1. The van der Waals surface area contributed by atoms with Crippen LogP contribution in [0.4, 0.5) is 0 Å². The van der Waals surface area contributed by atoms with Gasteiger partial charge in [-0.05, 0) is 23.3 Å². The molecule has 0 spiro atoms. The Hall–Kier alpha value is -2.04. The van der Waals surface area contributed by atoms with Crippen molar-refractivity contribution in [1.82, 2.24) is 14.5 Å². The van der Waals surface area contributed by atoms with Gasteiger partial charge in [-0.25, -0.2) is 4.79 Å². The molecule has 0 radical (unpaired) electrons. The van der Waals surface area contributed by atoms with Crippen LogP contribution in [-0.2, 0) is 24.9 Å². The van der Waals surface area contributed by atoms with E-state index in [0.29, 0.717) is 13.1 Å². The Labute approximate surface area is 97.7 Å². The highest BCUT2D eigenvalue weighted by Gasteiger charge is 2.22. The van der Waals surface area contributed by atoms with Gasteiger partial charge in [-0.1, -0.05) is 0 Å². The minimum atomic E-state index is -0.105. The maximum absolute atomic E-state index is 11.5. The average molecular weight is 231 g/mol. The van der Waals surface area contributed by atoms with E-state index in [-0.39, 0.29) is 11.6 Å². The van der Waals surface area contributed by atoms with Gasteiger partial charge >= 0.3 is 5.69 Å². The highest BCUT2D eigenvalue weighted by molar-refractivity contribution is 5.79. The van der Waals surface area contributed by atoms with E-state index in [4.69, 9.17) is 0 Å². The van der Waals surface area contributed by atoms with Gasteiger partial charge in [0.1, 0.15) is 0 Å². The highest BCUT2D eigenvalue weighted by atomic mass is 16.2. The predicted molar refractivity (Wildman–Crippen MR) is 63.5 cm³/mol. The molecule has 0 saturated carbocycles. The van der Waals surface area contributed by atoms with Crippen molar-refractivity contribution in [3.8, 4) is 0 Å². The number of carbonyl (C=O) groups is 1. The Bertz CT molecular complexity index is 681. The molecular formula is C12H13N3O2. The van der Waals surface area contributed by atoms with Crippen molar-refractivity contribution in [3.05, 3.63) is 33.7 Å². The van der Waals surface area contributed by atoms with Crippen molar-refractivity contribution in [2.75, 3.05) is 0 Å². The highest BCUT2D eigenvalue weighted by Crippen LogP contribution is 2.26. The average Bonchev–Trinajstić information content (AvgIpc) is 2.79. The van der Waals surface area contributed by atoms with Crippen LogP contribution in [0, 0.1) is 0 Å². The fraction of sp³-hybridized carbons (Fsp3) is 0.333. The number of carbonyl (C=O) groups excluding carboxylic acids is 1. The van der Waals surface area contributed by atoms with E-state index in [1.165, 1.54) is 0 Å². The Kier molecular flexibility index (Phi) is 1.92. The zero-order valence-electron chi connectivity index (χ0n) is 9.78. The second-order valence-corrected chi connectivity index (χ2v) is 4.50. The summed E-state index contributed by atoms with van der Waals surface area (Å²) in [5.74, 6) is 0.0822. The molecular weight excluding hydrogens is 218 g/mol. The summed E-state index contributed by atoms with van der Waals surface area (Å²) in [6.07, 6.45) is 0. The molecule has 1 aromatic heterocycles. The van der Waals surface area contributed by atoms with Crippen molar-refractivity contribution in [2.45, 2.75) is 20.0 Å². The van der Waals surface area contributed by atoms with Gasteiger partial charge in [0, 0.05) is 27.1 Å². The van der Waals surface area contributed by atoms with E-state index in [1.54, 1.807) is 23.4 Å². The van der Waals surface area contributed by atoms with Gasteiger partial charge in [-0.3, -0.25) is 9.36 Å². The first-order valence-corrected chi connectivity index (χ1v) is 5.52. The number of aryl methyl sites for hydroxylation is 1. The van der Waals surface area contributed by atoms with Crippen molar-refractivity contribution >= 4 is 16.9 Å². The number of rotatable bonds is 0. The van der Waals surface area contributed by atoms with Crippen molar-refractivity contribution < 1.29 is 4.79 Å². The minimum Gasteiger partial charge on any atom is -0.334 e. The summed E-state index contributed by atoms with van der Waals surface area (Å²) in [5.41, 5.74) is 3.87. The van der Waals surface area contributed by atoms with Crippen molar-refractivity contribution in [1.29, 1.82) is 0 Å². The molecule has 0 unspecified atom stereocenters. The molecule has 0 bridgehead atoms. The maximum atomic E-state index is 11.5. The van der Waals surface area contributed by atoms with Gasteiger partial charge in [-0.2, -0.15) is 0 Å². The molecule has 0 atom stereocenters. The number of aromatic amines is 1. The summed E-state index contributed by atoms with van der Waals surface area (Å²) in [4.78, 5) is 27.4. The molecule has 1 amide bonds. The first-order chi connectivity index (χ1) is 8.06. The lowest BCUT2D eigenvalue weighted by Crippen LogP contribution is -2.21. The molecule has 1 aromatic carbocycles. The summed E-state index contributed by atoms with van der Waals surface area (Å²) < 4.78 is 1.59. The van der Waals surface area contributed by atoms with Crippen LogP contribution in [0.2, 0.25) is 0 Å². The van der Waals surface area contributed by atoms with E-state index in [0.717, 1.165) is 22.2 Å². The van der Waals surface area contributed by atoms with Crippen LogP contribution in [-0.4, -0.2) is 20.4 Å². The van der Waals surface area contributed by atoms with Gasteiger partial charge in [0.15, 0.2) is 0 Å². The van der Waals surface area contributed by atoms with Crippen LogP contribution in [0.5, 0.6) is 0 Å². The molecule has 1 N–H and O–H groups in total. The number of amides is 1. The number of imidazole rings is 1. The van der Waals surface area contributed by atoms with E-state index in [1.807, 2.05) is 12.1 Å². The quantitative estimate of drug-likeness (QED) is 0.726. The number of fused-ring (bicyclic) bond motifs is 2. The van der Waals surface area contributed by atoms with Gasteiger partial charge in [-0.15, -0.1) is 0 Å². The van der Waals surface area contributed by atoms with E-state index in [2.05, 4.69) is 4.98 Å². The van der Waals surface area contributed by atoms with Crippen molar-refractivity contribution in [2.24, 2.45) is 7.05 Å². The zero-order chi connectivity index (χ0) is 12.2. The monoisotopic (exact) mass is 231 g/mol. The van der Waals surface area contributed by atoms with Crippen LogP contribution in [0.1, 0.15) is 18.1 Å². The summed E-state index contributed by atoms with van der Waals surface area (Å²) in [5, 5.41) is 0. The van der Waals surface area contributed by atoms with Gasteiger partial charge in [0.05, 0.1) is 11.0 Å². The molecule has 5 nitrogen and oxygen atoms in total. The number of aromatic nitrogens is 2. The normalized spacial score (nSPS) is 14.4. The van der Waals surface area contributed by atoms with Crippen LogP contribution in [0.15, 0.2) is 16.9 Å². The molecule has 88 valence electrons. The Morgan fingerprint density at radius 2 is 1.94 bits per heavy atom. The molecule has 3 rings (SSSR count). The lowest BCUT2D eigenvalue weighted by molar-refractivity contribution is -0.129. The molecule has 0 saturated heterocycles. The Morgan fingerprint density at radius 3 is 2.59 bits per heavy atom. The topological polar surface area (TPSA) is 58.1 Å².